The zero-order valence-corrected chi connectivity index (χ0v) is 10.3. The van der Waals surface area contributed by atoms with Crippen molar-refractivity contribution in [3.05, 3.63) is 11.6 Å². The maximum absolute atomic E-state index is 4.63. The van der Waals surface area contributed by atoms with Crippen molar-refractivity contribution in [2.45, 2.75) is 70.6 Å². The van der Waals surface area contributed by atoms with Gasteiger partial charge >= 0.3 is 0 Å². The van der Waals surface area contributed by atoms with E-state index in [1.165, 1.54) is 44.9 Å². The zero-order valence-electron chi connectivity index (χ0n) is 10.3. The summed E-state index contributed by atoms with van der Waals surface area (Å²) in [5.74, 6) is 2.76. The number of hydrogen-bond donors (Lipinski definition) is 1. The first-order chi connectivity index (χ1) is 7.90. The Morgan fingerprint density at radius 2 is 1.81 bits per heavy atom. The average molecular weight is 221 g/mol. The third-order valence-corrected chi connectivity index (χ3v) is 3.51. The van der Waals surface area contributed by atoms with E-state index in [4.69, 9.17) is 0 Å². The molecule has 1 fully saturated rings. The van der Waals surface area contributed by atoms with Crippen LogP contribution in [0.1, 0.15) is 75.9 Å². The van der Waals surface area contributed by atoms with Crippen molar-refractivity contribution in [2.75, 3.05) is 0 Å². The lowest BCUT2D eigenvalue weighted by molar-refractivity contribution is 0.443. The van der Waals surface area contributed by atoms with E-state index in [1.807, 2.05) is 0 Å². The first-order valence-electron chi connectivity index (χ1n) is 6.81. The number of nitrogens with one attached hydrogen (secondary N) is 1. The van der Waals surface area contributed by atoms with E-state index < -0.39 is 0 Å². The van der Waals surface area contributed by atoms with E-state index in [0.29, 0.717) is 5.92 Å². The molecule has 16 heavy (non-hydrogen) atoms. The second-order valence-corrected chi connectivity index (χ2v) is 4.93. The van der Waals surface area contributed by atoms with Crippen molar-refractivity contribution in [3.63, 3.8) is 0 Å². The monoisotopic (exact) mass is 221 g/mol. The van der Waals surface area contributed by atoms with Gasteiger partial charge in [0.05, 0.1) is 0 Å². The number of H-pyrrole nitrogens is 1. The summed E-state index contributed by atoms with van der Waals surface area (Å²) >= 11 is 0. The van der Waals surface area contributed by atoms with Crippen LogP contribution >= 0.6 is 0 Å². The quantitative estimate of drug-likeness (QED) is 0.847. The Kier molecular flexibility index (Phi) is 4.37. The molecule has 1 aliphatic rings. The van der Waals surface area contributed by atoms with Crippen molar-refractivity contribution >= 4 is 0 Å². The molecule has 1 aromatic heterocycles. The maximum Gasteiger partial charge on any atom is 0.153 e. The summed E-state index contributed by atoms with van der Waals surface area (Å²) in [5.41, 5.74) is 0. The minimum Gasteiger partial charge on any atom is -0.263 e. The first kappa shape index (κ1) is 11.6. The molecular formula is C13H23N3. The third-order valence-electron chi connectivity index (χ3n) is 3.51. The van der Waals surface area contributed by atoms with E-state index in [-0.39, 0.29) is 0 Å². The van der Waals surface area contributed by atoms with Crippen molar-refractivity contribution in [3.8, 4) is 0 Å². The SMILES string of the molecule is CCCc1nc(C2CCCCCCC2)n[nH]1. The molecule has 0 atom stereocenters. The van der Waals surface area contributed by atoms with Crippen LogP contribution in [0.25, 0.3) is 0 Å². The molecule has 1 heterocycles. The van der Waals surface area contributed by atoms with Gasteiger partial charge in [0.1, 0.15) is 5.82 Å². The van der Waals surface area contributed by atoms with Crippen LogP contribution in [0, 0.1) is 0 Å². The molecule has 1 aliphatic carbocycles. The molecule has 0 radical (unpaired) electrons. The number of nitrogens with zero attached hydrogens (tertiary/aromatic N) is 2. The summed E-state index contributed by atoms with van der Waals surface area (Å²) in [4.78, 5) is 4.63. The maximum atomic E-state index is 4.63. The van der Waals surface area contributed by atoms with E-state index in [0.717, 1.165) is 24.5 Å². The van der Waals surface area contributed by atoms with Crippen molar-refractivity contribution in [2.24, 2.45) is 0 Å². The Labute approximate surface area is 98.1 Å². The summed E-state index contributed by atoms with van der Waals surface area (Å²) in [6, 6.07) is 0. The summed E-state index contributed by atoms with van der Waals surface area (Å²) in [7, 11) is 0. The van der Waals surface area contributed by atoms with Gasteiger partial charge in [-0.1, -0.05) is 39.0 Å². The van der Waals surface area contributed by atoms with Crippen LogP contribution in [0.15, 0.2) is 0 Å². The van der Waals surface area contributed by atoms with Crippen molar-refractivity contribution in [1.82, 2.24) is 15.2 Å². The standard InChI is InChI=1S/C13H23N3/c1-2-8-12-14-13(16-15-12)11-9-6-4-3-5-7-10-11/h11H,2-10H2,1H3,(H,14,15,16). The molecule has 0 aromatic carbocycles. The minimum atomic E-state index is 0.613. The van der Waals surface area contributed by atoms with Crippen LogP contribution < -0.4 is 0 Å². The van der Waals surface area contributed by atoms with Gasteiger partial charge in [0.15, 0.2) is 5.82 Å². The number of aromatic amines is 1. The average Bonchev–Trinajstić information content (AvgIpc) is 2.66. The highest BCUT2D eigenvalue weighted by atomic mass is 15.2. The Hall–Kier alpha value is -0.860. The Morgan fingerprint density at radius 3 is 2.50 bits per heavy atom. The van der Waals surface area contributed by atoms with Gasteiger partial charge in [0.25, 0.3) is 0 Å². The highest BCUT2D eigenvalue weighted by molar-refractivity contribution is 4.98. The lowest BCUT2D eigenvalue weighted by Crippen LogP contribution is -2.04. The summed E-state index contributed by atoms with van der Waals surface area (Å²) in [5, 5.41) is 7.47. The van der Waals surface area contributed by atoms with Gasteiger partial charge in [0, 0.05) is 12.3 Å². The molecule has 0 amide bonds. The largest absolute Gasteiger partial charge is 0.263 e. The smallest absolute Gasteiger partial charge is 0.153 e. The van der Waals surface area contributed by atoms with Gasteiger partial charge in [-0.2, -0.15) is 5.10 Å². The van der Waals surface area contributed by atoms with Crippen LogP contribution in [-0.2, 0) is 6.42 Å². The molecular weight excluding hydrogens is 198 g/mol. The number of aryl methyl sites for hydroxylation is 1. The van der Waals surface area contributed by atoms with Gasteiger partial charge in [-0.15, -0.1) is 0 Å². The van der Waals surface area contributed by atoms with E-state index >= 15 is 0 Å². The van der Waals surface area contributed by atoms with Crippen LogP contribution in [0.5, 0.6) is 0 Å². The predicted octanol–water partition coefficient (Wildman–Crippen LogP) is 3.59. The van der Waals surface area contributed by atoms with E-state index in [9.17, 15) is 0 Å². The predicted molar refractivity (Wildman–Crippen MR) is 65.4 cm³/mol. The lowest BCUT2D eigenvalue weighted by Gasteiger charge is -2.16. The third kappa shape index (κ3) is 3.06. The molecule has 1 N–H and O–H groups in total. The highest BCUT2D eigenvalue weighted by Crippen LogP contribution is 2.28. The van der Waals surface area contributed by atoms with Crippen LogP contribution in [-0.4, -0.2) is 15.2 Å². The first-order valence-corrected chi connectivity index (χ1v) is 6.81. The Morgan fingerprint density at radius 1 is 1.12 bits per heavy atom. The normalized spacial score (nSPS) is 19.3. The molecule has 0 unspecified atom stereocenters. The topological polar surface area (TPSA) is 41.6 Å². The highest BCUT2D eigenvalue weighted by Gasteiger charge is 2.17. The van der Waals surface area contributed by atoms with Gasteiger partial charge in [-0.3, -0.25) is 5.10 Å². The minimum absolute atomic E-state index is 0.613. The fourth-order valence-corrected chi connectivity index (χ4v) is 2.56. The fourth-order valence-electron chi connectivity index (χ4n) is 2.56. The number of hydrogen-bond acceptors (Lipinski definition) is 2. The molecule has 3 heteroatoms. The second-order valence-electron chi connectivity index (χ2n) is 4.93. The summed E-state index contributed by atoms with van der Waals surface area (Å²) in [6.07, 6.45) is 11.6. The number of rotatable bonds is 3. The molecule has 1 saturated carbocycles. The molecule has 0 spiro atoms. The Balaban J connectivity index is 1.97. The van der Waals surface area contributed by atoms with Crippen molar-refractivity contribution in [1.29, 1.82) is 0 Å². The van der Waals surface area contributed by atoms with E-state index in [2.05, 4.69) is 22.1 Å². The second kappa shape index (κ2) is 6.02. The fraction of sp³-hybridized carbons (Fsp3) is 0.846. The molecule has 2 rings (SSSR count). The molecule has 1 aromatic rings. The lowest BCUT2D eigenvalue weighted by atomic mass is 9.91. The Bertz CT molecular complexity index is 298. The van der Waals surface area contributed by atoms with Gasteiger partial charge < -0.3 is 0 Å². The number of aromatic nitrogens is 3. The molecule has 0 bridgehead atoms. The van der Waals surface area contributed by atoms with Gasteiger partial charge in [-0.05, 0) is 19.3 Å². The van der Waals surface area contributed by atoms with Crippen molar-refractivity contribution < 1.29 is 0 Å². The van der Waals surface area contributed by atoms with Crippen LogP contribution in [0.4, 0.5) is 0 Å². The van der Waals surface area contributed by atoms with Crippen LogP contribution in [0.3, 0.4) is 0 Å². The molecule has 0 aliphatic heterocycles. The van der Waals surface area contributed by atoms with Crippen LogP contribution in [0.2, 0.25) is 0 Å². The zero-order chi connectivity index (χ0) is 11.2. The van der Waals surface area contributed by atoms with Gasteiger partial charge in [0.2, 0.25) is 0 Å². The van der Waals surface area contributed by atoms with Gasteiger partial charge in [-0.25, -0.2) is 4.98 Å². The summed E-state index contributed by atoms with van der Waals surface area (Å²) in [6.45, 7) is 2.18. The van der Waals surface area contributed by atoms with E-state index in [1.54, 1.807) is 0 Å². The molecule has 0 saturated heterocycles. The summed E-state index contributed by atoms with van der Waals surface area (Å²) < 4.78 is 0. The molecule has 90 valence electrons. The molecule has 3 nitrogen and oxygen atoms in total.